The molecular formula is C21H33IN4O3. The molecule has 2 rings (SSSR count). The van der Waals surface area contributed by atoms with Crippen LogP contribution in [0.25, 0.3) is 0 Å². The molecule has 0 fully saturated rings. The predicted molar refractivity (Wildman–Crippen MR) is 128 cm³/mol. The van der Waals surface area contributed by atoms with Crippen LogP contribution in [-0.4, -0.2) is 44.4 Å². The molecule has 0 saturated carbocycles. The second-order valence-corrected chi connectivity index (χ2v) is 6.85. The van der Waals surface area contributed by atoms with Gasteiger partial charge in [-0.05, 0) is 50.6 Å². The molecule has 1 aromatic heterocycles. The van der Waals surface area contributed by atoms with Crippen LogP contribution in [0, 0.1) is 6.92 Å². The summed E-state index contributed by atoms with van der Waals surface area (Å²) in [6, 6.07) is 11.8. The largest absolute Gasteiger partial charge is 0.463 e. The minimum atomic E-state index is -1.13. The Morgan fingerprint density at radius 1 is 1.17 bits per heavy atom. The lowest BCUT2D eigenvalue weighted by molar-refractivity contribution is 0.0378. The summed E-state index contributed by atoms with van der Waals surface area (Å²) < 4.78 is 10.6. The zero-order valence-electron chi connectivity index (χ0n) is 17.6. The fourth-order valence-corrected chi connectivity index (χ4v) is 2.60. The topological polar surface area (TPSA) is 91.1 Å². The van der Waals surface area contributed by atoms with Crippen LogP contribution < -0.4 is 16.0 Å². The smallest absolute Gasteiger partial charge is 0.191 e. The summed E-state index contributed by atoms with van der Waals surface area (Å²) in [7, 11) is 1.69. The third-order valence-corrected chi connectivity index (χ3v) is 4.22. The molecule has 7 nitrogen and oxygen atoms in total. The van der Waals surface area contributed by atoms with Crippen LogP contribution in [0.4, 0.5) is 5.69 Å². The molecule has 1 heterocycles. The summed E-state index contributed by atoms with van der Waals surface area (Å²) in [4.78, 5) is 4.60. The number of hydrogen-bond donors (Lipinski definition) is 4. The highest BCUT2D eigenvalue weighted by Gasteiger charge is 2.27. The lowest BCUT2D eigenvalue weighted by Crippen LogP contribution is -2.44. The highest BCUT2D eigenvalue weighted by atomic mass is 127. The lowest BCUT2D eigenvalue weighted by atomic mass is 10.0. The van der Waals surface area contributed by atoms with Gasteiger partial charge in [0.1, 0.15) is 17.1 Å². The van der Waals surface area contributed by atoms with E-state index in [0.29, 0.717) is 24.9 Å². The molecule has 4 N–H and O–H groups in total. The number of aryl methyl sites for hydroxylation is 1. The number of anilines is 1. The van der Waals surface area contributed by atoms with Crippen molar-refractivity contribution in [3.63, 3.8) is 0 Å². The number of aliphatic imine (C=N–C) groups is 1. The third kappa shape index (κ3) is 8.63. The van der Waals surface area contributed by atoms with Crippen LogP contribution in [-0.2, 0) is 16.9 Å². The number of rotatable bonds is 10. The Kier molecular flexibility index (Phi) is 11.1. The van der Waals surface area contributed by atoms with Gasteiger partial charge in [0.15, 0.2) is 5.96 Å². The average Bonchev–Trinajstić information content (AvgIpc) is 3.13. The van der Waals surface area contributed by atoms with Crippen LogP contribution in [0.3, 0.4) is 0 Å². The van der Waals surface area contributed by atoms with Crippen LogP contribution >= 0.6 is 24.0 Å². The molecule has 1 unspecified atom stereocenters. The van der Waals surface area contributed by atoms with Gasteiger partial charge in [0.25, 0.3) is 0 Å². The van der Waals surface area contributed by atoms with E-state index in [-0.39, 0.29) is 30.5 Å². The maximum absolute atomic E-state index is 10.7. The molecule has 0 amide bonds. The van der Waals surface area contributed by atoms with E-state index in [0.717, 1.165) is 30.1 Å². The highest BCUT2D eigenvalue weighted by Crippen LogP contribution is 2.21. The minimum absolute atomic E-state index is 0. The first kappa shape index (κ1) is 25.3. The van der Waals surface area contributed by atoms with Gasteiger partial charge in [0, 0.05) is 25.9 Å². The second kappa shape index (κ2) is 12.7. The number of halogens is 1. The van der Waals surface area contributed by atoms with Gasteiger partial charge in [-0.25, -0.2) is 4.99 Å². The monoisotopic (exact) mass is 516 g/mol. The van der Waals surface area contributed by atoms with Crippen LogP contribution in [0.15, 0.2) is 45.8 Å². The zero-order chi connectivity index (χ0) is 20.4. The van der Waals surface area contributed by atoms with Crippen LogP contribution in [0.1, 0.15) is 30.9 Å². The van der Waals surface area contributed by atoms with E-state index in [1.807, 2.05) is 44.2 Å². The quantitative estimate of drug-likeness (QED) is 0.168. The summed E-state index contributed by atoms with van der Waals surface area (Å²) in [6.45, 7) is 8.59. The van der Waals surface area contributed by atoms with Gasteiger partial charge in [0.05, 0.1) is 19.7 Å². The summed E-state index contributed by atoms with van der Waals surface area (Å²) in [5.41, 5.74) is 1.03. The summed E-state index contributed by atoms with van der Waals surface area (Å²) in [5.74, 6) is 1.95. The van der Waals surface area contributed by atoms with Gasteiger partial charge in [-0.1, -0.05) is 12.1 Å². The second-order valence-electron chi connectivity index (χ2n) is 6.85. The SMILES string of the molecule is CCNC(=NCc1ccc(NCCOC)cc1)NCC(C)(O)c1ccc(C)o1.I. The Balaban J connectivity index is 0.00000420. The van der Waals surface area contributed by atoms with Gasteiger partial charge < -0.3 is 30.2 Å². The van der Waals surface area contributed by atoms with Crippen molar-refractivity contribution in [3.8, 4) is 0 Å². The van der Waals surface area contributed by atoms with E-state index in [1.165, 1.54) is 0 Å². The fraction of sp³-hybridized carbons (Fsp3) is 0.476. The van der Waals surface area contributed by atoms with Gasteiger partial charge >= 0.3 is 0 Å². The Hall–Kier alpha value is -1.78. The number of nitrogens with zero attached hydrogens (tertiary/aromatic N) is 1. The summed E-state index contributed by atoms with van der Waals surface area (Å²) in [5, 5.41) is 20.3. The molecule has 0 saturated heterocycles. The van der Waals surface area contributed by atoms with Crippen molar-refractivity contribution in [1.29, 1.82) is 0 Å². The van der Waals surface area contributed by atoms with Gasteiger partial charge in [-0.2, -0.15) is 0 Å². The fourth-order valence-electron chi connectivity index (χ4n) is 2.60. The van der Waals surface area contributed by atoms with E-state index < -0.39 is 5.60 Å². The molecule has 1 atom stereocenters. The van der Waals surface area contributed by atoms with Crippen molar-refractivity contribution < 1.29 is 14.3 Å². The van der Waals surface area contributed by atoms with Crippen LogP contribution in [0.2, 0.25) is 0 Å². The molecule has 0 aliphatic heterocycles. The molecule has 29 heavy (non-hydrogen) atoms. The highest BCUT2D eigenvalue weighted by molar-refractivity contribution is 14.0. The van der Waals surface area contributed by atoms with E-state index in [9.17, 15) is 5.11 Å². The molecule has 1 aromatic carbocycles. The first-order chi connectivity index (χ1) is 13.4. The number of hydrogen-bond acceptors (Lipinski definition) is 5. The predicted octanol–water partition coefficient (Wildman–Crippen LogP) is 3.23. The number of benzene rings is 1. The number of aliphatic hydroxyl groups is 1. The Labute approximate surface area is 190 Å². The number of nitrogens with one attached hydrogen (secondary N) is 3. The van der Waals surface area contributed by atoms with Crippen molar-refractivity contribution in [3.05, 3.63) is 53.5 Å². The van der Waals surface area contributed by atoms with Crippen LogP contribution in [0.5, 0.6) is 0 Å². The maximum Gasteiger partial charge on any atom is 0.191 e. The van der Waals surface area contributed by atoms with E-state index in [2.05, 4.69) is 20.9 Å². The van der Waals surface area contributed by atoms with Crippen molar-refractivity contribution in [2.45, 2.75) is 32.9 Å². The third-order valence-electron chi connectivity index (χ3n) is 4.22. The zero-order valence-corrected chi connectivity index (χ0v) is 19.9. The molecule has 162 valence electrons. The molecule has 0 spiro atoms. The van der Waals surface area contributed by atoms with Crippen molar-refractivity contribution >= 4 is 35.6 Å². The lowest BCUT2D eigenvalue weighted by Gasteiger charge is -2.22. The summed E-state index contributed by atoms with van der Waals surface area (Å²) >= 11 is 0. The molecular weight excluding hydrogens is 483 g/mol. The number of guanidine groups is 1. The molecule has 0 radical (unpaired) electrons. The van der Waals surface area contributed by atoms with E-state index in [4.69, 9.17) is 9.15 Å². The number of furan rings is 1. The van der Waals surface area contributed by atoms with Gasteiger partial charge in [-0.15, -0.1) is 24.0 Å². The standard InChI is InChI=1S/C21H32N4O3.HI/c1-5-22-20(25-15-21(3,26)19-11-6-16(2)28-19)24-14-17-7-9-18(10-8-17)23-12-13-27-4;/h6-11,23,26H,5,12-15H2,1-4H3,(H2,22,24,25);1H. The minimum Gasteiger partial charge on any atom is -0.463 e. The van der Waals surface area contributed by atoms with Gasteiger partial charge in [0.2, 0.25) is 0 Å². The first-order valence-corrected chi connectivity index (χ1v) is 9.58. The van der Waals surface area contributed by atoms with Gasteiger partial charge in [-0.3, -0.25) is 0 Å². The number of methoxy groups -OCH3 is 1. The van der Waals surface area contributed by atoms with E-state index >= 15 is 0 Å². The first-order valence-electron chi connectivity index (χ1n) is 9.58. The molecule has 0 bridgehead atoms. The molecule has 0 aliphatic rings. The average molecular weight is 516 g/mol. The Morgan fingerprint density at radius 2 is 1.90 bits per heavy atom. The molecule has 0 aliphatic carbocycles. The van der Waals surface area contributed by atoms with Crippen molar-refractivity contribution in [2.75, 3.05) is 38.7 Å². The van der Waals surface area contributed by atoms with Crippen molar-refractivity contribution in [1.82, 2.24) is 10.6 Å². The normalized spacial score (nSPS) is 13.3. The Morgan fingerprint density at radius 3 is 2.48 bits per heavy atom. The van der Waals surface area contributed by atoms with Crippen molar-refractivity contribution in [2.24, 2.45) is 4.99 Å². The molecule has 2 aromatic rings. The maximum atomic E-state index is 10.7. The van der Waals surface area contributed by atoms with E-state index in [1.54, 1.807) is 20.1 Å². The Bertz CT molecular complexity index is 745. The summed E-state index contributed by atoms with van der Waals surface area (Å²) in [6.07, 6.45) is 0. The molecule has 8 heteroatoms. The number of ether oxygens (including phenoxy) is 1.